The third kappa shape index (κ3) is 4.08. The molecule has 4 heteroatoms. The van der Waals surface area contributed by atoms with Gasteiger partial charge in [-0.1, -0.05) is 50.6 Å². The van der Waals surface area contributed by atoms with Crippen molar-refractivity contribution in [2.45, 2.75) is 46.1 Å². The van der Waals surface area contributed by atoms with E-state index >= 15 is 0 Å². The maximum absolute atomic E-state index is 12.4. The minimum absolute atomic E-state index is 0.284. The first-order valence-corrected chi connectivity index (χ1v) is 10.7. The van der Waals surface area contributed by atoms with Gasteiger partial charge in [0.2, 0.25) is 0 Å². The standard InChI is InChI=1S/C25H29NO3/c1-3-7-19-14-21-20(18-8-5-4-6-9-18)15-23(27)29-25(21)22(24(19)28)16-26-12-10-17(2)11-13-26/h4-6,8-9,14-15,17,28H,3,7,10-13,16H2,1-2H3. The van der Waals surface area contributed by atoms with Gasteiger partial charge < -0.3 is 9.52 Å². The van der Waals surface area contributed by atoms with Crippen molar-refractivity contribution in [1.29, 1.82) is 0 Å². The predicted octanol–water partition coefficient (Wildman–Crippen LogP) is 5.35. The van der Waals surface area contributed by atoms with E-state index < -0.39 is 0 Å². The van der Waals surface area contributed by atoms with Crippen molar-refractivity contribution in [2.24, 2.45) is 5.92 Å². The molecular formula is C25H29NO3. The molecule has 0 spiro atoms. The molecule has 1 aliphatic rings. The SMILES string of the molecule is CCCc1cc2c(-c3ccccc3)cc(=O)oc2c(CN2CCC(C)CC2)c1O. The Labute approximate surface area is 171 Å². The van der Waals surface area contributed by atoms with Gasteiger partial charge in [0.15, 0.2) is 0 Å². The van der Waals surface area contributed by atoms with Crippen LogP contribution in [0, 0.1) is 5.92 Å². The van der Waals surface area contributed by atoms with Crippen molar-refractivity contribution >= 4 is 11.0 Å². The molecule has 1 aliphatic heterocycles. The molecule has 2 heterocycles. The Balaban J connectivity index is 1.90. The van der Waals surface area contributed by atoms with Crippen LogP contribution < -0.4 is 5.63 Å². The van der Waals surface area contributed by atoms with Crippen LogP contribution in [0.2, 0.25) is 0 Å². The van der Waals surface area contributed by atoms with Crippen LogP contribution in [0.3, 0.4) is 0 Å². The summed E-state index contributed by atoms with van der Waals surface area (Å²) < 4.78 is 5.69. The first-order chi connectivity index (χ1) is 14.1. The number of piperidine rings is 1. The molecule has 1 fully saturated rings. The number of hydrogen-bond donors (Lipinski definition) is 1. The monoisotopic (exact) mass is 391 g/mol. The summed E-state index contributed by atoms with van der Waals surface area (Å²) in [6.45, 7) is 7.01. The highest BCUT2D eigenvalue weighted by molar-refractivity contribution is 5.96. The molecule has 1 N–H and O–H groups in total. The van der Waals surface area contributed by atoms with E-state index in [1.807, 2.05) is 36.4 Å². The third-order valence-electron chi connectivity index (χ3n) is 6.04. The van der Waals surface area contributed by atoms with E-state index in [0.29, 0.717) is 12.1 Å². The maximum atomic E-state index is 12.4. The van der Waals surface area contributed by atoms with Gasteiger partial charge in [0.1, 0.15) is 11.3 Å². The number of hydrogen-bond acceptors (Lipinski definition) is 4. The molecule has 0 amide bonds. The quantitative estimate of drug-likeness (QED) is 0.596. The molecular weight excluding hydrogens is 362 g/mol. The van der Waals surface area contributed by atoms with Gasteiger partial charge in [0.05, 0.1) is 5.56 Å². The number of benzene rings is 2. The Kier molecular flexibility index (Phi) is 5.72. The van der Waals surface area contributed by atoms with Gasteiger partial charge in [0, 0.05) is 18.0 Å². The fourth-order valence-electron chi connectivity index (χ4n) is 4.32. The molecule has 1 saturated heterocycles. The Hall–Kier alpha value is -2.59. The van der Waals surface area contributed by atoms with E-state index in [1.54, 1.807) is 6.07 Å². The van der Waals surface area contributed by atoms with Crippen LogP contribution in [-0.4, -0.2) is 23.1 Å². The van der Waals surface area contributed by atoms with Crippen LogP contribution in [0.25, 0.3) is 22.1 Å². The second kappa shape index (κ2) is 8.42. The molecule has 0 unspecified atom stereocenters. The lowest BCUT2D eigenvalue weighted by Gasteiger charge is -2.30. The van der Waals surface area contributed by atoms with Gasteiger partial charge >= 0.3 is 5.63 Å². The summed E-state index contributed by atoms with van der Waals surface area (Å²) in [5.41, 5.74) is 3.65. The molecule has 0 aliphatic carbocycles. The molecule has 0 saturated carbocycles. The van der Waals surface area contributed by atoms with Gasteiger partial charge in [-0.3, -0.25) is 4.90 Å². The van der Waals surface area contributed by atoms with Crippen molar-refractivity contribution < 1.29 is 9.52 Å². The molecule has 29 heavy (non-hydrogen) atoms. The average Bonchev–Trinajstić information content (AvgIpc) is 2.73. The lowest BCUT2D eigenvalue weighted by molar-refractivity contribution is 0.183. The van der Waals surface area contributed by atoms with Crippen molar-refractivity contribution in [3.63, 3.8) is 0 Å². The Morgan fingerprint density at radius 1 is 1.14 bits per heavy atom. The zero-order chi connectivity index (χ0) is 20.4. The fourth-order valence-corrected chi connectivity index (χ4v) is 4.32. The Morgan fingerprint density at radius 3 is 2.55 bits per heavy atom. The number of nitrogens with zero attached hydrogens (tertiary/aromatic N) is 1. The van der Waals surface area contributed by atoms with E-state index in [9.17, 15) is 9.90 Å². The number of aryl methyl sites for hydroxylation is 1. The molecule has 152 valence electrons. The van der Waals surface area contributed by atoms with E-state index in [1.165, 1.54) is 0 Å². The van der Waals surface area contributed by atoms with Gasteiger partial charge in [-0.25, -0.2) is 4.79 Å². The van der Waals surface area contributed by atoms with Gasteiger partial charge in [0.25, 0.3) is 0 Å². The lowest BCUT2D eigenvalue weighted by atomic mass is 9.94. The van der Waals surface area contributed by atoms with Gasteiger partial charge in [-0.05, 0) is 61.0 Å². The molecule has 2 aromatic carbocycles. The molecule has 1 aromatic heterocycles. The topological polar surface area (TPSA) is 53.7 Å². The number of aromatic hydroxyl groups is 1. The summed E-state index contributed by atoms with van der Waals surface area (Å²) >= 11 is 0. The Bertz CT molecular complexity index is 1050. The summed E-state index contributed by atoms with van der Waals surface area (Å²) in [7, 11) is 0. The smallest absolute Gasteiger partial charge is 0.336 e. The number of phenols is 1. The molecule has 0 radical (unpaired) electrons. The summed E-state index contributed by atoms with van der Waals surface area (Å²) in [6, 6.07) is 13.5. The number of fused-ring (bicyclic) bond motifs is 1. The zero-order valence-electron chi connectivity index (χ0n) is 17.3. The normalized spacial score (nSPS) is 15.8. The van der Waals surface area contributed by atoms with Crippen LogP contribution in [-0.2, 0) is 13.0 Å². The number of phenolic OH excluding ortho intramolecular Hbond substituents is 1. The van der Waals surface area contributed by atoms with Crippen LogP contribution in [0.1, 0.15) is 44.2 Å². The number of rotatable bonds is 5. The van der Waals surface area contributed by atoms with E-state index in [0.717, 1.165) is 72.3 Å². The zero-order valence-corrected chi connectivity index (χ0v) is 17.3. The molecule has 4 nitrogen and oxygen atoms in total. The second-order valence-corrected chi connectivity index (χ2v) is 8.29. The summed E-state index contributed by atoms with van der Waals surface area (Å²) in [4.78, 5) is 14.8. The van der Waals surface area contributed by atoms with Gasteiger partial charge in [-0.15, -0.1) is 0 Å². The van der Waals surface area contributed by atoms with E-state index in [2.05, 4.69) is 18.7 Å². The summed E-state index contributed by atoms with van der Waals surface area (Å²) in [5.74, 6) is 1.02. The summed E-state index contributed by atoms with van der Waals surface area (Å²) in [5, 5.41) is 12.0. The molecule has 3 aromatic rings. The largest absolute Gasteiger partial charge is 0.507 e. The minimum Gasteiger partial charge on any atom is -0.507 e. The summed E-state index contributed by atoms with van der Waals surface area (Å²) in [6.07, 6.45) is 4.05. The first-order valence-electron chi connectivity index (χ1n) is 10.7. The van der Waals surface area contributed by atoms with Crippen LogP contribution in [0.4, 0.5) is 0 Å². The van der Waals surface area contributed by atoms with Crippen LogP contribution in [0.15, 0.2) is 51.7 Å². The minimum atomic E-state index is -0.382. The average molecular weight is 392 g/mol. The molecule has 4 rings (SSSR count). The maximum Gasteiger partial charge on any atom is 0.336 e. The fraction of sp³-hybridized carbons (Fsp3) is 0.400. The second-order valence-electron chi connectivity index (χ2n) is 8.29. The highest BCUT2D eigenvalue weighted by atomic mass is 16.4. The van der Waals surface area contributed by atoms with Crippen LogP contribution in [0.5, 0.6) is 5.75 Å². The Morgan fingerprint density at radius 2 is 1.86 bits per heavy atom. The van der Waals surface area contributed by atoms with Crippen molar-refractivity contribution in [2.75, 3.05) is 13.1 Å². The highest BCUT2D eigenvalue weighted by Crippen LogP contribution is 2.37. The first kappa shape index (κ1) is 19.7. The highest BCUT2D eigenvalue weighted by Gasteiger charge is 2.22. The van der Waals surface area contributed by atoms with E-state index in [4.69, 9.17) is 4.42 Å². The van der Waals surface area contributed by atoms with Gasteiger partial charge in [-0.2, -0.15) is 0 Å². The molecule has 0 atom stereocenters. The molecule has 0 bridgehead atoms. The van der Waals surface area contributed by atoms with Crippen molar-refractivity contribution in [3.05, 3.63) is 64.0 Å². The number of likely N-dealkylation sites (tertiary alicyclic amines) is 1. The van der Waals surface area contributed by atoms with Crippen molar-refractivity contribution in [3.8, 4) is 16.9 Å². The third-order valence-corrected chi connectivity index (χ3v) is 6.04. The predicted molar refractivity (Wildman–Crippen MR) is 117 cm³/mol. The van der Waals surface area contributed by atoms with Crippen molar-refractivity contribution in [1.82, 2.24) is 4.90 Å². The lowest BCUT2D eigenvalue weighted by Crippen LogP contribution is -2.32. The van der Waals surface area contributed by atoms with E-state index in [-0.39, 0.29) is 11.4 Å². The van der Waals surface area contributed by atoms with Crippen LogP contribution >= 0.6 is 0 Å².